The Hall–Kier alpha value is -3.23. The minimum Gasteiger partial charge on any atom is -0.355 e. The molecule has 2 amide bonds. The first-order chi connectivity index (χ1) is 16.0. The second-order valence-corrected chi connectivity index (χ2v) is 9.17. The summed E-state index contributed by atoms with van der Waals surface area (Å²) in [6.07, 6.45) is 6.25. The zero-order valence-electron chi connectivity index (χ0n) is 19.2. The molecule has 0 spiro atoms. The van der Waals surface area contributed by atoms with Gasteiger partial charge in [-0.2, -0.15) is 0 Å². The smallest absolute Gasteiger partial charge is 0.251 e. The van der Waals surface area contributed by atoms with Crippen LogP contribution in [0.4, 0.5) is 0 Å². The van der Waals surface area contributed by atoms with Gasteiger partial charge in [-0.3, -0.25) is 14.0 Å². The highest BCUT2D eigenvalue weighted by Crippen LogP contribution is 2.30. The molecule has 2 aromatic carbocycles. The molecule has 0 bridgehead atoms. The third kappa shape index (κ3) is 5.07. The topological polar surface area (TPSA) is 78.7 Å². The molecule has 1 aliphatic heterocycles. The fourth-order valence-corrected chi connectivity index (χ4v) is 4.96. The number of benzene rings is 2. The monoisotopic (exact) mass is 467 g/mol. The van der Waals surface area contributed by atoms with Gasteiger partial charge in [0.1, 0.15) is 0 Å². The summed E-state index contributed by atoms with van der Waals surface area (Å²) in [5.74, 6) is -0.213. The number of aromatic nitrogens is 2. The van der Waals surface area contributed by atoms with Crippen LogP contribution in [0.3, 0.4) is 0 Å². The number of hydrogen-bond acceptors (Lipinski definition) is 5. The highest BCUT2D eigenvalue weighted by molar-refractivity contribution is 7.23. The van der Waals surface area contributed by atoms with Crippen LogP contribution >= 0.6 is 11.3 Å². The molecule has 0 saturated carbocycles. The fraction of sp³-hybridized carbons (Fsp3) is 0.320. The van der Waals surface area contributed by atoms with Gasteiger partial charge in [0, 0.05) is 39.8 Å². The second-order valence-electron chi connectivity index (χ2n) is 8.16. The predicted octanol–water partition coefficient (Wildman–Crippen LogP) is 4.53. The first-order valence-corrected chi connectivity index (χ1v) is 12.0. The summed E-state index contributed by atoms with van der Waals surface area (Å²) in [4.78, 5) is 31.4. The van der Waals surface area contributed by atoms with E-state index in [4.69, 9.17) is 0 Å². The quantitative estimate of drug-likeness (QED) is 0.464. The zero-order valence-corrected chi connectivity index (χ0v) is 20.0. The maximum atomic E-state index is 11.8. The van der Waals surface area contributed by atoms with E-state index < -0.39 is 0 Å². The van der Waals surface area contributed by atoms with E-state index in [-0.39, 0.29) is 14.7 Å². The summed E-state index contributed by atoms with van der Waals surface area (Å²) in [5, 5.41) is 5.24. The number of thiazole rings is 1. The molecule has 0 aliphatic carbocycles. The van der Waals surface area contributed by atoms with Crippen LogP contribution in [-0.2, 0) is 0 Å². The summed E-state index contributed by atoms with van der Waals surface area (Å²) < 4.78 is 3.03. The molecule has 33 heavy (non-hydrogen) atoms. The number of piperidine rings is 1. The van der Waals surface area contributed by atoms with Gasteiger partial charge in [0.05, 0.1) is 15.9 Å². The number of nitrogens with one attached hydrogen (secondary N) is 2. The van der Waals surface area contributed by atoms with Gasteiger partial charge >= 0.3 is 0 Å². The lowest BCUT2D eigenvalue weighted by Crippen LogP contribution is -2.24. The highest BCUT2D eigenvalue weighted by Gasteiger charge is 2.13. The third-order valence-corrected chi connectivity index (χ3v) is 6.85. The second kappa shape index (κ2) is 10.1. The van der Waals surface area contributed by atoms with Gasteiger partial charge in [-0.15, -0.1) is 0 Å². The Morgan fingerprint density at radius 1 is 0.939 bits per heavy atom. The average Bonchev–Trinajstić information content (AvgIpc) is 3.41. The van der Waals surface area contributed by atoms with E-state index in [1.165, 1.54) is 43.7 Å². The van der Waals surface area contributed by atoms with E-state index >= 15 is 0 Å². The number of imidazole rings is 1. The summed E-state index contributed by atoms with van der Waals surface area (Å²) in [6.45, 7) is 2.64. The summed E-state index contributed by atoms with van der Waals surface area (Å²) in [6, 6.07) is 13.0. The molecule has 1 fully saturated rings. The molecule has 3 heterocycles. The van der Waals surface area contributed by atoms with Crippen molar-refractivity contribution in [2.45, 2.75) is 19.3 Å². The zero-order chi connectivity index (χ0) is 23.4. The van der Waals surface area contributed by atoms with E-state index in [2.05, 4.69) is 27.6 Å². The van der Waals surface area contributed by atoms with Crippen molar-refractivity contribution < 1.29 is 12.4 Å². The van der Waals surface area contributed by atoms with Crippen LogP contribution in [0.5, 0.6) is 0 Å². The number of rotatable bonds is 3. The Kier molecular flexibility index (Phi) is 7.05. The average molecular weight is 468 g/mol. The molecule has 2 N–H and O–H groups in total. The number of carbonyl (C=O) groups excluding carboxylic acids is 2. The van der Waals surface area contributed by atoms with E-state index in [1.54, 1.807) is 26.2 Å². The van der Waals surface area contributed by atoms with Crippen molar-refractivity contribution in [3.05, 3.63) is 59.8 Å². The van der Waals surface area contributed by atoms with E-state index in [0.29, 0.717) is 11.1 Å². The van der Waals surface area contributed by atoms with Crippen LogP contribution in [0.2, 0.25) is 0 Å². The van der Waals surface area contributed by atoms with Crippen LogP contribution in [0, 0.1) is 0 Å². The number of carbonyl (C=O) groups is 2. The largest absolute Gasteiger partial charge is 0.355 e. The molecule has 176 valence electrons. The molecular weight excluding hydrogens is 434 g/mol. The normalized spacial score (nSPS) is 14.0. The standard InChI is InChI=1S/C19H16N4O2S.C6H13N.2H2/c1-20-17(24)12-5-3-11(4-6-12)14-10-23-15-8-7-13(18(25)21-2)9-16(15)26-19(23)22-14;1-7-5-3-2-4-6-7;;/h3-10H,1-2H3,(H,20,24)(H,21,25);2-6H2,1H3;2*1H. The minimum absolute atomic E-state index is 0. The van der Waals surface area contributed by atoms with Crippen LogP contribution in [-0.4, -0.2) is 60.3 Å². The van der Waals surface area contributed by atoms with E-state index in [9.17, 15) is 9.59 Å². The Balaban J connectivity index is 0.000000417. The minimum atomic E-state index is -0.111. The van der Waals surface area contributed by atoms with Gasteiger partial charge in [-0.05, 0) is 63.3 Å². The van der Waals surface area contributed by atoms with Crippen molar-refractivity contribution in [2.75, 3.05) is 34.2 Å². The maximum Gasteiger partial charge on any atom is 0.251 e. The number of fused-ring (bicyclic) bond motifs is 3. The lowest BCUT2D eigenvalue weighted by Gasteiger charge is -2.20. The van der Waals surface area contributed by atoms with Crippen molar-refractivity contribution in [1.29, 1.82) is 0 Å². The highest BCUT2D eigenvalue weighted by atomic mass is 32.1. The molecule has 0 atom stereocenters. The molecule has 5 rings (SSSR count). The number of nitrogens with zero attached hydrogens (tertiary/aromatic N) is 3. The Morgan fingerprint density at radius 2 is 1.58 bits per heavy atom. The molecule has 1 aliphatic rings. The van der Waals surface area contributed by atoms with Crippen molar-refractivity contribution in [1.82, 2.24) is 24.9 Å². The van der Waals surface area contributed by atoms with Gasteiger partial charge < -0.3 is 15.5 Å². The summed E-state index contributed by atoms with van der Waals surface area (Å²) in [5.41, 5.74) is 4.05. The van der Waals surface area contributed by atoms with Gasteiger partial charge in [0.25, 0.3) is 11.8 Å². The first-order valence-electron chi connectivity index (χ1n) is 11.1. The molecule has 7 nitrogen and oxygen atoms in total. The molecule has 4 aromatic rings. The maximum absolute atomic E-state index is 11.8. The van der Waals surface area contributed by atoms with Crippen molar-refractivity contribution >= 4 is 38.3 Å². The van der Waals surface area contributed by atoms with Crippen molar-refractivity contribution in [3.8, 4) is 11.3 Å². The number of likely N-dealkylation sites (tertiary alicyclic amines) is 1. The molecular formula is C25H33N5O2S. The van der Waals surface area contributed by atoms with Gasteiger partial charge in [0.15, 0.2) is 4.96 Å². The van der Waals surface area contributed by atoms with Crippen molar-refractivity contribution in [2.24, 2.45) is 0 Å². The Labute approximate surface area is 200 Å². The van der Waals surface area contributed by atoms with Crippen LogP contribution in [0.1, 0.15) is 42.8 Å². The number of amides is 2. The van der Waals surface area contributed by atoms with Crippen LogP contribution in [0.25, 0.3) is 26.4 Å². The van der Waals surface area contributed by atoms with Crippen LogP contribution in [0.15, 0.2) is 48.7 Å². The Morgan fingerprint density at radius 3 is 2.18 bits per heavy atom. The van der Waals surface area contributed by atoms with Gasteiger partial charge in [-0.1, -0.05) is 29.9 Å². The SMILES string of the molecule is CN1CCCCC1.CNC(=O)c1ccc(-c2cn3c(n2)sc2cc(C(=O)NC)ccc23)cc1.[HH].[HH]. The fourth-order valence-electron chi connectivity index (χ4n) is 3.91. The molecule has 8 heteroatoms. The first kappa shape index (κ1) is 22.9. The third-order valence-electron chi connectivity index (χ3n) is 5.83. The Bertz CT molecular complexity index is 1280. The van der Waals surface area contributed by atoms with E-state index in [1.807, 2.05) is 40.9 Å². The summed E-state index contributed by atoms with van der Waals surface area (Å²) >= 11 is 1.54. The molecule has 1 saturated heterocycles. The lowest BCUT2D eigenvalue weighted by molar-refractivity contribution is 0.0955. The lowest BCUT2D eigenvalue weighted by atomic mass is 10.1. The van der Waals surface area contributed by atoms with Gasteiger partial charge in [-0.25, -0.2) is 4.98 Å². The van der Waals surface area contributed by atoms with E-state index in [0.717, 1.165) is 26.4 Å². The molecule has 2 aromatic heterocycles. The van der Waals surface area contributed by atoms with Crippen molar-refractivity contribution in [3.63, 3.8) is 0 Å². The molecule has 0 unspecified atom stereocenters. The predicted molar refractivity (Wildman–Crippen MR) is 138 cm³/mol. The molecule has 0 radical (unpaired) electrons. The number of hydrogen-bond donors (Lipinski definition) is 2. The van der Waals surface area contributed by atoms with Gasteiger partial charge in [0.2, 0.25) is 0 Å². The summed E-state index contributed by atoms with van der Waals surface area (Å²) in [7, 11) is 5.43. The van der Waals surface area contributed by atoms with Crippen LogP contribution < -0.4 is 10.6 Å².